The molecule has 1 fully saturated rings. The number of carbonyl (C=O) groups excluding carboxylic acids is 1. The van der Waals surface area contributed by atoms with Gasteiger partial charge >= 0.3 is 0 Å². The van der Waals surface area contributed by atoms with Gasteiger partial charge in [0.05, 0.1) is 5.02 Å². The molecule has 3 rings (SSSR count). The molecule has 6 heteroatoms. The van der Waals surface area contributed by atoms with Gasteiger partial charge in [-0.2, -0.15) is 0 Å². The molecule has 3 heterocycles. The Morgan fingerprint density at radius 1 is 1.24 bits per heavy atom. The highest BCUT2D eigenvalue weighted by molar-refractivity contribution is 6.30. The summed E-state index contributed by atoms with van der Waals surface area (Å²) in [6, 6.07) is 5.39. The second kappa shape index (κ2) is 6.83. The van der Waals surface area contributed by atoms with Crippen molar-refractivity contribution in [2.45, 2.75) is 20.0 Å². The summed E-state index contributed by atoms with van der Waals surface area (Å²) < 4.78 is 5.35. The number of hydrogen-bond acceptors (Lipinski definition) is 4. The number of rotatable bonds is 2. The van der Waals surface area contributed by atoms with E-state index in [9.17, 15) is 4.79 Å². The van der Waals surface area contributed by atoms with Crippen molar-refractivity contribution in [3.8, 4) is 11.8 Å². The number of aromatic nitrogens is 2. The minimum atomic E-state index is -0.455. The van der Waals surface area contributed by atoms with Crippen molar-refractivity contribution in [1.29, 1.82) is 0 Å². The number of ether oxygens (including phenoxy) is 1. The van der Waals surface area contributed by atoms with Gasteiger partial charge in [-0.1, -0.05) is 37.3 Å². The van der Waals surface area contributed by atoms with Gasteiger partial charge in [-0.15, -0.1) is 0 Å². The molecule has 128 valence electrons. The van der Waals surface area contributed by atoms with Gasteiger partial charge in [0.15, 0.2) is 0 Å². The average molecular weight is 356 g/mol. The molecule has 1 aliphatic rings. The molecule has 0 spiro atoms. The van der Waals surface area contributed by atoms with Crippen molar-refractivity contribution in [2.24, 2.45) is 5.41 Å². The zero-order valence-electron chi connectivity index (χ0n) is 14.3. The Morgan fingerprint density at radius 3 is 2.60 bits per heavy atom. The van der Waals surface area contributed by atoms with Crippen LogP contribution in [0.25, 0.3) is 0 Å². The minimum Gasteiger partial charge on any atom is -0.371 e. The summed E-state index contributed by atoms with van der Waals surface area (Å²) in [5, 5.41) is 0.545. The van der Waals surface area contributed by atoms with Gasteiger partial charge in [0.1, 0.15) is 11.9 Å². The third-order valence-corrected chi connectivity index (χ3v) is 4.29. The third-order valence-electron chi connectivity index (χ3n) is 4.08. The van der Waals surface area contributed by atoms with E-state index < -0.39 is 6.10 Å². The normalized spacial score (nSPS) is 18.8. The van der Waals surface area contributed by atoms with Crippen molar-refractivity contribution in [2.75, 3.05) is 18.6 Å². The van der Waals surface area contributed by atoms with E-state index in [0.29, 0.717) is 17.4 Å². The molecule has 25 heavy (non-hydrogen) atoms. The number of halogens is 1. The zero-order valence-corrected chi connectivity index (χ0v) is 15.0. The molecule has 1 atom stereocenters. The van der Waals surface area contributed by atoms with E-state index in [4.69, 9.17) is 16.3 Å². The van der Waals surface area contributed by atoms with Crippen LogP contribution in [0.4, 0.5) is 5.82 Å². The molecule has 0 saturated carbocycles. The quantitative estimate of drug-likeness (QED) is 0.777. The van der Waals surface area contributed by atoms with Gasteiger partial charge in [0.25, 0.3) is 5.91 Å². The van der Waals surface area contributed by atoms with Crippen molar-refractivity contribution >= 4 is 23.3 Å². The van der Waals surface area contributed by atoms with Gasteiger partial charge in [-0.05, 0) is 18.2 Å². The first-order valence-electron chi connectivity index (χ1n) is 7.83. The molecule has 1 unspecified atom stereocenters. The molecular formula is C19H18ClN3O2. The first-order valence-corrected chi connectivity index (χ1v) is 8.21. The Kier molecular flexibility index (Phi) is 4.76. The molecule has 0 aliphatic carbocycles. The molecule has 0 bridgehead atoms. The Morgan fingerprint density at radius 2 is 2.00 bits per heavy atom. The fourth-order valence-corrected chi connectivity index (χ4v) is 3.08. The molecule has 0 N–H and O–H groups in total. The largest absolute Gasteiger partial charge is 0.371 e. The lowest BCUT2D eigenvalue weighted by Crippen LogP contribution is -2.33. The van der Waals surface area contributed by atoms with E-state index in [1.165, 1.54) is 0 Å². The summed E-state index contributed by atoms with van der Waals surface area (Å²) in [6.45, 7) is 4.59. The maximum Gasteiger partial charge on any atom is 0.257 e. The number of nitrogens with zero attached hydrogens (tertiary/aromatic N) is 3. The first kappa shape index (κ1) is 17.4. The fraction of sp³-hybridized carbons (Fsp3) is 0.316. The minimum absolute atomic E-state index is 0.0659. The molecular weight excluding hydrogens is 338 g/mol. The predicted molar refractivity (Wildman–Crippen MR) is 96.4 cm³/mol. The Labute approximate surface area is 152 Å². The summed E-state index contributed by atoms with van der Waals surface area (Å²) >= 11 is 5.89. The lowest BCUT2D eigenvalue weighted by Gasteiger charge is -2.21. The number of amides is 1. The molecule has 2 aromatic heterocycles. The highest BCUT2D eigenvalue weighted by Gasteiger charge is 2.47. The molecule has 2 aromatic rings. The monoisotopic (exact) mass is 355 g/mol. The maximum atomic E-state index is 12.5. The summed E-state index contributed by atoms with van der Waals surface area (Å²) in [7, 11) is 1.56. The highest BCUT2D eigenvalue weighted by atomic mass is 35.5. The first-order chi connectivity index (χ1) is 11.9. The topological polar surface area (TPSA) is 55.3 Å². The Hall–Kier alpha value is -2.42. The summed E-state index contributed by atoms with van der Waals surface area (Å²) in [6.07, 6.45) is 4.41. The Balaban J connectivity index is 1.79. The van der Waals surface area contributed by atoms with E-state index in [2.05, 4.69) is 21.8 Å². The van der Waals surface area contributed by atoms with Crippen LogP contribution >= 0.6 is 11.6 Å². The van der Waals surface area contributed by atoms with Crippen LogP contribution in [0.15, 0.2) is 36.8 Å². The van der Waals surface area contributed by atoms with Crippen molar-refractivity contribution in [3.63, 3.8) is 0 Å². The summed E-state index contributed by atoms with van der Waals surface area (Å²) in [4.78, 5) is 22.5. The molecule has 1 amide bonds. The van der Waals surface area contributed by atoms with Gasteiger partial charge in [0, 0.05) is 48.8 Å². The van der Waals surface area contributed by atoms with Crippen LogP contribution < -0.4 is 4.90 Å². The van der Waals surface area contributed by atoms with Crippen LogP contribution in [0.3, 0.4) is 0 Å². The van der Waals surface area contributed by atoms with Crippen LogP contribution in [-0.2, 0) is 9.53 Å². The Bertz CT molecular complexity index is 853. The number of anilines is 1. The third kappa shape index (κ3) is 3.65. The molecule has 0 radical (unpaired) electrons. The van der Waals surface area contributed by atoms with E-state index >= 15 is 0 Å². The van der Waals surface area contributed by atoms with E-state index in [1.54, 1.807) is 42.7 Å². The molecule has 5 nitrogen and oxygen atoms in total. The van der Waals surface area contributed by atoms with Gasteiger partial charge < -0.3 is 4.74 Å². The standard InChI is InChI=1S/C19H18ClN3O2/c1-19(2)12-23(18(24)17(19)25-3)16-7-6-13(10-22-16)4-5-14-8-15(20)11-21-9-14/h6-11,17H,12H2,1-3H3. The summed E-state index contributed by atoms with van der Waals surface area (Å²) in [5.74, 6) is 6.54. The van der Waals surface area contributed by atoms with Crippen LogP contribution in [0.2, 0.25) is 5.02 Å². The predicted octanol–water partition coefficient (Wildman–Crippen LogP) is 2.92. The van der Waals surface area contributed by atoms with E-state index in [0.717, 1.165) is 11.1 Å². The molecule has 1 aliphatic heterocycles. The lowest BCUT2D eigenvalue weighted by molar-refractivity contribution is -0.128. The average Bonchev–Trinajstić information content (AvgIpc) is 2.82. The van der Waals surface area contributed by atoms with Crippen LogP contribution in [0.1, 0.15) is 25.0 Å². The van der Waals surface area contributed by atoms with E-state index in [-0.39, 0.29) is 11.3 Å². The highest BCUT2D eigenvalue weighted by Crippen LogP contribution is 2.34. The number of carbonyl (C=O) groups is 1. The second-order valence-corrected chi connectivity index (χ2v) is 7.01. The van der Waals surface area contributed by atoms with Gasteiger partial charge in [-0.3, -0.25) is 14.7 Å². The van der Waals surface area contributed by atoms with E-state index in [1.807, 2.05) is 19.9 Å². The number of hydrogen-bond donors (Lipinski definition) is 0. The zero-order chi connectivity index (χ0) is 18.0. The van der Waals surface area contributed by atoms with Crippen LogP contribution in [0, 0.1) is 17.3 Å². The van der Waals surface area contributed by atoms with Crippen molar-refractivity contribution < 1.29 is 9.53 Å². The van der Waals surface area contributed by atoms with Gasteiger partial charge in [0.2, 0.25) is 0 Å². The van der Waals surface area contributed by atoms with Crippen molar-refractivity contribution in [3.05, 3.63) is 52.9 Å². The smallest absolute Gasteiger partial charge is 0.257 e. The fourth-order valence-electron chi connectivity index (χ4n) is 2.90. The van der Waals surface area contributed by atoms with Gasteiger partial charge in [-0.25, -0.2) is 4.98 Å². The van der Waals surface area contributed by atoms with Crippen LogP contribution in [-0.4, -0.2) is 35.6 Å². The maximum absolute atomic E-state index is 12.5. The molecule has 1 saturated heterocycles. The molecule has 0 aromatic carbocycles. The van der Waals surface area contributed by atoms with Crippen molar-refractivity contribution in [1.82, 2.24) is 9.97 Å². The second-order valence-electron chi connectivity index (χ2n) is 6.58. The number of methoxy groups -OCH3 is 1. The lowest BCUT2D eigenvalue weighted by atomic mass is 9.90. The van der Waals surface area contributed by atoms with Crippen LogP contribution in [0.5, 0.6) is 0 Å². The summed E-state index contributed by atoms with van der Waals surface area (Å²) in [5.41, 5.74) is 1.22. The SMILES string of the molecule is COC1C(=O)N(c2ccc(C#Cc3cncc(Cl)c3)cn2)CC1(C)C. The number of pyridine rings is 2.